The van der Waals surface area contributed by atoms with Gasteiger partial charge in [0.25, 0.3) is 0 Å². The van der Waals surface area contributed by atoms with Crippen molar-refractivity contribution in [1.29, 1.82) is 0 Å². The Morgan fingerprint density at radius 2 is 0.636 bits per heavy atom. The summed E-state index contributed by atoms with van der Waals surface area (Å²) in [6.07, 6.45) is 0. The van der Waals surface area contributed by atoms with Gasteiger partial charge in [0.2, 0.25) is 0 Å². The second kappa shape index (κ2) is 7.06. The molecule has 0 amide bonds. The maximum absolute atomic E-state index is 7.08. The van der Waals surface area contributed by atoms with Gasteiger partial charge in [-0.1, -0.05) is 55.8 Å². The van der Waals surface area contributed by atoms with Crippen molar-refractivity contribution in [2.24, 2.45) is 0 Å². The van der Waals surface area contributed by atoms with Crippen LogP contribution in [-0.2, 0) is 0 Å². The van der Waals surface area contributed by atoms with Crippen LogP contribution in [0.15, 0.2) is 0 Å². The van der Waals surface area contributed by atoms with Gasteiger partial charge in [-0.3, -0.25) is 0 Å². The Kier molecular flexibility index (Phi) is 11.8. The molecule has 0 spiro atoms. The molecule has 0 atom stereocenters. The molecule has 0 rings (SSSR count). The molecule has 0 aromatic rings. The van der Waals surface area contributed by atoms with E-state index in [1.165, 1.54) is 0 Å². The first-order valence-electron chi connectivity index (χ1n) is 3.50. The number of nitrogens with one attached hydrogen (secondary N) is 2. The maximum atomic E-state index is 7.08. The van der Waals surface area contributed by atoms with Crippen LogP contribution in [0.4, 0.5) is 0 Å². The number of hydrogen-bond acceptors (Lipinski definition) is 0. The fourth-order valence-electron chi connectivity index (χ4n) is 0. The molecule has 0 unspecified atom stereocenters. The molecule has 0 fully saturated rings. The van der Waals surface area contributed by atoms with Gasteiger partial charge in [0.1, 0.15) is 0 Å². The zero-order valence-electron chi connectivity index (χ0n) is 8.71. The van der Waals surface area contributed by atoms with Crippen LogP contribution in [0.25, 0.3) is 10.8 Å². The molecule has 0 aromatic heterocycles. The monoisotopic (exact) mass is 216 g/mol. The van der Waals surface area contributed by atoms with Crippen molar-refractivity contribution in [2.75, 3.05) is 0 Å². The van der Waals surface area contributed by atoms with Gasteiger partial charge >= 0.3 is 37.7 Å². The summed E-state index contributed by atoms with van der Waals surface area (Å²) in [4.78, 5) is 0. The third-order valence-electron chi connectivity index (χ3n) is 0. The summed E-state index contributed by atoms with van der Waals surface area (Å²) in [6, 6.07) is 0. The van der Waals surface area contributed by atoms with E-state index in [9.17, 15) is 0 Å². The van der Waals surface area contributed by atoms with Gasteiger partial charge in [-0.25, -0.2) is 0 Å². The van der Waals surface area contributed by atoms with E-state index < -0.39 is 16.5 Å². The molecule has 2 nitrogen and oxygen atoms in total. The normalized spacial score (nSPS) is 10.9. The van der Waals surface area contributed by atoms with Crippen LogP contribution in [0.1, 0.15) is 0 Å². The standard InChI is InChI=1S/2C3H10NSi.Ca/c2*1-5(2,3)4;/h2*4H,1-3H3;/q2*-1;+2. The van der Waals surface area contributed by atoms with Crippen molar-refractivity contribution in [3.63, 3.8) is 0 Å². The summed E-state index contributed by atoms with van der Waals surface area (Å²) >= 11 is 0. The number of rotatable bonds is 0. The van der Waals surface area contributed by atoms with Gasteiger partial charge in [-0.05, 0) is 0 Å². The summed E-state index contributed by atoms with van der Waals surface area (Å²) in [6.45, 7) is 12.0. The van der Waals surface area contributed by atoms with Gasteiger partial charge in [-0.15, -0.1) is 0 Å². The third-order valence-corrected chi connectivity index (χ3v) is 0. The van der Waals surface area contributed by atoms with E-state index in [4.69, 9.17) is 10.8 Å². The Labute approximate surface area is 103 Å². The first-order chi connectivity index (χ1) is 4.00. The van der Waals surface area contributed by atoms with Gasteiger partial charge < -0.3 is 10.8 Å². The van der Waals surface area contributed by atoms with Crippen LogP contribution >= 0.6 is 0 Å². The molecule has 0 aliphatic heterocycles. The Bertz CT molecular complexity index is 61.6. The SMILES string of the molecule is C[Si](C)(C)[NH-].C[Si](C)(C)[NH-].[Ca+2]. The zero-order chi connectivity index (χ0) is 9.00. The Morgan fingerprint density at radius 1 is 0.636 bits per heavy atom. The second-order valence-electron chi connectivity index (χ2n) is 4.50. The summed E-state index contributed by atoms with van der Waals surface area (Å²) < 4.78 is 0. The summed E-state index contributed by atoms with van der Waals surface area (Å²) in [5.41, 5.74) is 0. The average molecular weight is 216 g/mol. The van der Waals surface area contributed by atoms with E-state index in [0.717, 1.165) is 0 Å². The van der Waals surface area contributed by atoms with Crippen molar-refractivity contribution < 1.29 is 0 Å². The quantitative estimate of drug-likeness (QED) is 0.558. The zero-order valence-corrected chi connectivity index (χ0v) is 12.9. The smallest absolute Gasteiger partial charge is 0.680 e. The molecule has 64 valence electrons. The average Bonchev–Trinajstić information content (AvgIpc) is 1.12. The maximum Gasteiger partial charge on any atom is 2.00 e. The molecule has 0 aliphatic rings. The predicted octanol–water partition coefficient (Wildman–Crippen LogP) is 3.37. The van der Waals surface area contributed by atoms with Gasteiger partial charge in [0.05, 0.1) is 0 Å². The molecular weight excluding hydrogens is 196 g/mol. The van der Waals surface area contributed by atoms with Gasteiger partial charge in [-0.2, -0.15) is 0 Å². The van der Waals surface area contributed by atoms with Crippen molar-refractivity contribution in [1.82, 2.24) is 0 Å². The molecule has 11 heavy (non-hydrogen) atoms. The Morgan fingerprint density at radius 3 is 0.636 bits per heavy atom. The molecule has 0 radical (unpaired) electrons. The molecule has 0 saturated carbocycles. The van der Waals surface area contributed by atoms with Crippen LogP contribution in [0.3, 0.4) is 0 Å². The second-order valence-corrected chi connectivity index (χ2v) is 13.5. The summed E-state index contributed by atoms with van der Waals surface area (Å²) in [5, 5.41) is 14.2. The topological polar surface area (TPSA) is 47.6 Å². The van der Waals surface area contributed by atoms with Crippen LogP contribution in [0.2, 0.25) is 39.3 Å². The van der Waals surface area contributed by atoms with Crippen molar-refractivity contribution in [3.8, 4) is 0 Å². The molecular formula is C6H20CaN2Si2. The Hall–Kier alpha value is 1.61. The molecule has 0 heterocycles. The minimum Gasteiger partial charge on any atom is -0.680 e. The number of hydrogen-bond donors (Lipinski definition) is 0. The molecule has 0 saturated heterocycles. The van der Waals surface area contributed by atoms with E-state index >= 15 is 0 Å². The van der Waals surface area contributed by atoms with Crippen molar-refractivity contribution in [2.45, 2.75) is 39.3 Å². The Balaban J connectivity index is -0.000000107. The minimum absolute atomic E-state index is 0. The molecule has 0 aromatic carbocycles. The predicted molar refractivity (Wildman–Crippen MR) is 61.1 cm³/mol. The van der Waals surface area contributed by atoms with E-state index in [0.29, 0.717) is 0 Å². The molecule has 2 N–H and O–H groups in total. The van der Waals surface area contributed by atoms with Crippen LogP contribution < -0.4 is 0 Å². The van der Waals surface area contributed by atoms with E-state index in [1.807, 2.05) is 39.3 Å². The van der Waals surface area contributed by atoms with Crippen LogP contribution in [0, 0.1) is 0 Å². The van der Waals surface area contributed by atoms with Crippen LogP contribution in [-0.4, -0.2) is 54.2 Å². The van der Waals surface area contributed by atoms with Crippen molar-refractivity contribution >= 4 is 54.2 Å². The first-order valence-corrected chi connectivity index (χ1v) is 10.5. The fraction of sp³-hybridized carbons (Fsp3) is 1.00. The van der Waals surface area contributed by atoms with E-state index in [-0.39, 0.29) is 37.7 Å². The van der Waals surface area contributed by atoms with E-state index in [1.54, 1.807) is 0 Å². The van der Waals surface area contributed by atoms with Crippen LogP contribution in [0.5, 0.6) is 0 Å². The summed E-state index contributed by atoms with van der Waals surface area (Å²) in [5.74, 6) is 0. The van der Waals surface area contributed by atoms with Gasteiger partial charge in [0, 0.05) is 0 Å². The third kappa shape index (κ3) is 412. The summed E-state index contributed by atoms with van der Waals surface area (Å²) in [7, 11) is -2.72. The molecule has 5 heteroatoms. The first kappa shape index (κ1) is 18.4. The molecule has 0 bridgehead atoms. The van der Waals surface area contributed by atoms with E-state index in [2.05, 4.69) is 0 Å². The van der Waals surface area contributed by atoms with Gasteiger partial charge in [0.15, 0.2) is 0 Å². The molecule has 0 aliphatic carbocycles. The minimum atomic E-state index is -1.36. The fourth-order valence-corrected chi connectivity index (χ4v) is 0. The largest absolute Gasteiger partial charge is 2.00 e. The van der Waals surface area contributed by atoms with Crippen molar-refractivity contribution in [3.05, 3.63) is 10.8 Å².